The molecule has 10 heteroatoms. The van der Waals surface area contributed by atoms with Gasteiger partial charge in [0.15, 0.2) is 17.3 Å². The minimum atomic E-state index is -1.33. The van der Waals surface area contributed by atoms with Gasteiger partial charge in [0.25, 0.3) is 5.69 Å². The second-order valence-electron chi connectivity index (χ2n) is 5.75. The van der Waals surface area contributed by atoms with Crippen molar-refractivity contribution in [1.82, 2.24) is 19.7 Å². The maximum absolute atomic E-state index is 12.8. The van der Waals surface area contributed by atoms with E-state index in [0.29, 0.717) is 11.1 Å². The molecule has 1 unspecified atom stereocenters. The van der Waals surface area contributed by atoms with Gasteiger partial charge in [0.2, 0.25) is 5.89 Å². The van der Waals surface area contributed by atoms with E-state index in [-0.39, 0.29) is 22.8 Å². The summed E-state index contributed by atoms with van der Waals surface area (Å²) in [6.07, 6.45) is 2.54. The maximum Gasteiger partial charge on any atom is 0.295 e. The molecule has 0 aliphatic rings. The van der Waals surface area contributed by atoms with Gasteiger partial charge in [-0.05, 0) is 24.3 Å². The summed E-state index contributed by atoms with van der Waals surface area (Å²) in [5.41, 5.74) is 0.750. The number of carbonyl (C=O) groups excluding carboxylic acids is 1. The fraction of sp³-hybridized carbons (Fsp3) is 0.0556. The van der Waals surface area contributed by atoms with Gasteiger partial charge in [0, 0.05) is 11.6 Å². The zero-order valence-electron chi connectivity index (χ0n) is 14.1. The SMILES string of the molecule is N#CC(C(=O)c1ccc(-n2cncn2)c([N+](=O)[O-])c1)c1nc2ccccc2o1. The Morgan fingerprint density at radius 1 is 1.29 bits per heavy atom. The number of benzene rings is 2. The largest absolute Gasteiger partial charge is 0.439 e. The summed E-state index contributed by atoms with van der Waals surface area (Å²) >= 11 is 0. The third-order valence-electron chi connectivity index (χ3n) is 4.07. The highest BCUT2D eigenvalue weighted by atomic mass is 16.6. The van der Waals surface area contributed by atoms with Crippen LogP contribution >= 0.6 is 0 Å². The van der Waals surface area contributed by atoms with Crippen molar-refractivity contribution in [3.8, 4) is 11.8 Å². The van der Waals surface area contributed by atoms with Crippen molar-refractivity contribution in [3.63, 3.8) is 0 Å². The van der Waals surface area contributed by atoms with Crippen LogP contribution in [0.5, 0.6) is 0 Å². The predicted molar refractivity (Wildman–Crippen MR) is 94.7 cm³/mol. The number of hydrogen-bond acceptors (Lipinski definition) is 8. The standard InChI is InChI=1S/C18H10N6O4/c19-8-12(18-22-13-3-1-2-4-16(13)28-18)17(25)11-5-6-14(15(7-11)24(26)27)23-10-20-9-21-23/h1-7,9-10,12H. The van der Waals surface area contributed by atoms with Gasteiger partial charge in [0.1, 0.15) is 23.9 Å². The molecule has 136 valence electrons. The van der Waals surface area contributed by atoms with Crippen LogP contribution in [0, 0.1) is 21.4 Å². The summed E-state index contributed by atoms with van der Waals surface area (Å²) < 4.78 is 6.73. The molecule has 2 aromatic carbocycles. The number of rotatable bonds is 5. The van der Waals surface area contributed by atoms with Crippen LogP contribution in [0.1, 0.15) is 22.2 Å². The third-order valence-corrected chi connectivity index (χ3v) is 4.07. The van der Waals surface area contributed by atoms with Gasteiger partial charge >= 0.3 is 0 Å². The quantitative estimate of drug-likeness (QED) is 0.295. The minimum absolute atomic E-state index is 0.00984. The molecule has 0 aliphatic heterocycles. The number of para-hydroxylation sites is 2. The van der Waals surface area contributed by atoms with Crippen molar-refractivity contribution in [3.05, 3.63) is 76.7 Å². The van der Waals surface area contributed by atoms with Crippen molar-refractivity contribution in [2.45, 2.75) is 5.92 Å². The lowest BCUT2D eigenvalue weighted by Gasteiger charge is -2.07. The fourth-order valence-electron chi connectivity index (χ4n) is 2.76. The lowest BCUT2D eigenvalue weighted by molar-refractivity contribution is -0.384. The molecule has 10 nitrogen and oxygen atoms in total. The summed E-state index contributed by atoms with van der Waals surface area (Å²) in [6, 6.07) is 12.6. The molecule has 4 aromatic rings. The zero-order chi connectivity index (χ0) is 19.7. The van der Waals surface area contributed by atoms with Gasteiger partial charge < -0.3 is 4.42 Å². The van der Waals surface area contributed by atoms with E-state index in [4.69, 9.17) is 4.42 Å². The van der Waals surface area contributed by atoms with E-state index in [2.05, 4.69) is 15.1 Å². The molecule has 2 heterocycles. The Morgan fingerprint density at radius 3 is 2.79 bits per heavy atom. The number of fused-ring (bicyclic) bond motifs is 1. The average molecular weight is 374 g/mol. The normalized spacial score (nSPS) is 11.8. The van der Waals surface area contributed by atoms with Crippen LogP contribution in [0.4, 0.5) is 5.69 Å². The first kappa shape index (κ1) is 17.0. The first-order valence-corrected chi connectivity index (χ1v) is 8.01. The molecule has 28 heavy (non-hydrogen) atoms. The zero-order valence-corrected chi connectivity index (χ0v) is 14.1. The van der Waals surface area contributed by atoms with E-state index in [0.717, 1.165) is 6.07 Å². The highest BCUT2D eigenvalue weighted by Gasteiger charge is 2.29. The Bertz CT molecular complexity index is 1210. The molecule has 0 saturated carbocycles. The topological polar surface area (TPSA) is 141 Å². The van der Waals surface area contributed by atoms with Crippen molar-refractivity contribution in [2.24, 2.45) is 0 Å². The minimum Gasteiger partial charge on any atom is -0.439 e. The van der Waals surface area contributed by atoms with E-state index >= 15 is 0 Å². The molecule has 0 saturated heterocycles. The molecule has 2 aromatic heterocycles. The number of hydrogen-bond donors (Lipinski definition) is 0. The number of ketones is 1. The van der Waals surface area contributed by atoms with Crippen LogP contribution in [0.3, 0.4) is 0 Å². The van der Waals surface area contributed by atoms with Gasteiger partial charge in [-0.2, -0.15) is 10.4 Å². The Hall–Kier alpha value is -4.39. The number of nitrogens with zero attached hydrogens (tertiary/aromatic N) is 6. The number of nitro groups is 1. The molecule has 0 radical (unpaired) electrons. The lowest BCUT2D eigenvalue weighted by Crippen LogP contribution is -2.12. The van der Waals surface area contributed by atoms with E-state index in [1.165, 1.54) is 29.5 Å². The molecule has 0 spiro atoms. The number of oxazole rings is 1. The monoisotopic (exact) mass is 374 g/mol. The Labute approximate surface area is 156 Å². The molecular formula is C18H10N6O4. The van der Waals surface area contributed by atoms with Gasteiger partial charge in [-0.3, -0.25) is 14.9 Å². The smallest absolute Gasteiger partial charge is 0.295 e. The number of carbonyl (C=O) groups is 1. The molecule has 0 amide bonds. The van der Waals surface area contributed by atoms with Crippen molar-refractivity contribution in [1.29, 1.82) is 5.26 Å². The van der Waals surface area contributed by atoms with Crippen molar-refractivity contribution in [2.75, 3.05) is 0 Å². The highest BCUT2D eigenvalue weighted by molar-refractivity contribution is 6.03. The highest BCUT2D eigenvalue weighted by Crippen LogP contribution is 2.28. The van der Waals surface area contributed by atoms with E-state index in [9.17, 15) is 20.2 Å². The molecule has 0 N–H and O–H groups in total. The number of nitro benzene ring substituents is 1. The summed E-state index contributed by atoms with van der Waals surface area (Å²) in [6.45, 7) is 0. The first-order chi connectivity index (χ1) is 13.6. The number of Topliss-reactive ketones (excluding diaryl/α,β-unsaturated/α-hetero) is 1. The third kappa shape index (κ3) is 2.86. The van der Waals surface area contributed by atoms with E-state index in [1.807, 2.05) is 6.07 Å². The maximum atomic E-state index is 12.8. The Balaban J connectivity index is 1.75. The predicted octanol–water partition coefficient (Wildman–Crippen LogP) is 2.81. The van der Waals surface area contributed by atoms with Crippen LogP contribution in [-0.4, -0.2) is 30.5 Å². The van der Waals surface area contributed by atoms with Crippen LogP contribution in [0.15, 0.2) is 59.5 Å². The van der Waals surface area contributed by atoms with Crippen molar-refractivity contribution < 1.29 is 14.1 Å². The van der Waals surface area contributed by atoms with Crippen LogP contribution < -0.4 is 0 Å². The summed E-state index contributed by atoms with van der Waals surface area (Å²) in [5.74, 6) is -2.04. The van der Waals surface area contributed by atoms with Gasteiger partial charge in [0.05, 0.1) is 11.0 Å². The number of nitriles is 1. The van der Waals surface area contributed by atoms with Crippen LogP contribution in [0.25, 0.3) is 16.8 Å². The molecule has 4 rings (SSSR count). The molecule has 0 fully saturated rings. The van der Waals surface area contributed by atoms with Crippen LogP contribution in [0.2, 0.25) is 0 Å². The Kier molecular flexibility index (Phi) is 4.10. The van der Waals surface area contributed by atoms with Gasteiger partial charge in [-0.1, -0.05) is 12.1 Å². The van der Waals surface area contributed by atoms with Crippen LogP contribution in [-0.2, 0) is 0 Å². The number of aromatic nitrogens is 4. The Morgan fingerprint density at radius 2 is 2.11 bits per heavy atom. The van der Waals surface area contributed by atoms with E-state index < -0.39 is 16.6 Å². The summed E-state index contributed by atoms with van der Waals surface area (Å²) in [5, 5.41) is 24.8. The van der Waals surface area contributed by atoms with Gasteiger partial charge in [-0.25, -0.2) is 14.6 Å². The van der Waals surface area contributed by atoms with Gasteiger partial charge in [-0.15, -0.1) is 0 Å². The second kappa shape index (κ2) is 6.73. The summed E-state index contributed by atoms with van der Waals surface area (Å²) in [7, 11) is 0. The van der Waals surface area contributed by atoms with Crippen molar-refractivity contribution >= 4 is 22.6 Å². The molecular weight excluding hydrogens is 364 g/mol. The summed E-state index contributed by atoms with van der Waals surface area (Å²) in [4.78, 5) is 31.6. The van der Waals surface area contributed by atoms with E-state index in [1.54, 1.807) is 24.3 Å². The fourth-order valence-corrected chi connectivity index (χ4v) is 2.76. The lowest BCUT2D eigenvalue weighted by atomic mass is 9.98. The molecule has 0 aliphatic carbocycles. The first-order valence-electron chi connectivity index (χ1n) is 8.01. The molecule has 0 bridgehead atoms. The molecule has 1 atom stereocenters. The second-order valence-corrected chi connectivity index (χ2v) is 5.75. The average Bonchev–Trinajstić information content (AvgIpc) is 3.37.